The highest BCUT2D eigenvalue weighted by atomic mass is 16.6. The lowest BCUT2D eigenvalue weighted by atomic mass is 10.0. The molecule has 0 radical (unpaired) electrons. The van der Waals surface area contributed by atoms with Gasteiger partial charge in [0.2, 0.25) is 5.91 Å². The number of cyclic esters (lactones) is 2. The lowest BCUT2D eigenvalue weighted by Crippen LogP contribution is -2.44. The summed E-state index contributed by atoms with van der Waals surface area (Å²) in [6.07, 6.45) is 6.86. The molecule has 1 aliphatic rings. The molecule has 0 saturated heterocycles. The fourth-order valence-corrected chi connectivity index (χ4v) is 3.68. The highest BCUT2D eigenvalue weighted by molar-refractivity contribution is 5.85. The molecule has 1 aromatic carbocycles. The standard InChI is InChI=1S/C27H37NO7/c1-19-10-8-14-25(29)28-22(16-21-12-6-5-7-13-21)27(31)35-18-24(33-4)20(2)11-9-15-26(30)34-17-23(19)32-3/h5-13,19-20,22-24H,14-18H2,1-4H3,(H,28,29)/t19-,20+,22+,23-,24+/m1/s1. The monoisotopic (exact) mass is 487 g/mol. The summed E-state index contributed by atoms with van der Waals surface area (Å²) in [5.41, 5.74) is 0.907. The van der Waals surface area contributed by atoms with E-state index in [4.69, 9.17) is 18.9 Å². The van der Waals surface area contributed by atoms with Crippen LogP contribution in [0.3, 0.4) is 0 Å². The zero-order chi connectivity index (χ0) is 25.6. The number of amides is 1. The van der Waals surface area contributed by atoms with E-state index in [1.807, 2.05) is 56.3 Å². The van der Waals surface area contributed by atoms with Crippen LogP contribution in [0.2, 0.25) is 0 Å². The Hall–Kier alpha value is -2.97. The average Bonchev–Trinajstić information content (AvgIpc) is 2.84. The summed E-state index contributed by atoms with van der Waals surface area (Å²) in [5, 5.41) is 2.80. The van der Waals surface area contributed by atoms with Gasteiger partial charge in [-0.05, 0) is 5.56 Å². The lowest BCUT2D eigenvalue weighted by molar-refractivity contribution is -0.151. The van der Waals surface area contributed by atoms with Crippen LogP contribution in [0.1, 0.15) is 32.3 Å². The molecule has 0 saturated carbocycles. The zero-order valence-electron chi connectivity index (χ0n) is 21.0. The normalized spacial score (nSPS) is 27.7. The van der Waals surface area contributed by atoms with Crippen LogP contribution in [0.5, 0.6) is 0 Å². The van der Waals surface area contributed by atoms with Gasteiger partial charge < -0.3 is 24.3 Å². The summed E-state index contributed by atoms with van der Waals surface area (Å²) in [6, 6.07) is 8.61. The van der Waals surface area contributed by atoms with Crippen molar-refractivity contribution in [3.63, 3.8) is 0 Å². The Morgan fingerprint density at radius 3 is 2.03 bits per heavy atom. The summed E-state index contributed by atoms with van der Waals surface area (Å²) < 4.78 is 21.8. The Morgan fingerprint density at radius 1 is 0.857 bits per heavy atom. The van der Waals surface area contributed by atoms with Crippen LogP contribution >= 0.6 is 0 Å². The first kappa shape index (κ1) is 28.3. The van der Waals surface area contributed by atoms with Crippen LogP contribution in [0.15, 0.2) is 54.6 Å². The van der Waals surface area contributed by atoms with Crippen molar-refractivity contribution in [1.82, 2.24) is 5.32 Å². The second kappa shape index (κ2) is 15.1. The van der Waals surface area contributed by atoms with Gasteiger partial charge in [0.15, 0.2) is 0 Å². The Bertz CT molecular complexity index is 868. The molecule has 35 heavy (non-hydrogen) atoms. The van der Waals surface area contributed by atoms with Crippen LogP contribution in [-0.2, 0) is 39.8 Å². The molecule has 0 aromatic heterocycles. The number of benzene rings is 1. The number of rotatable bonds is 4. The summed E-state index contributed by atoms with van der Waals surface area (Å²) in [4.78, 5) is 37.7. The maximum Gasteiger partial charge on any atom is 0.329 e. The van der Waals surface area contributed by atoms with E-state index < -0.39 is 18.1 Å². The van der Waals surface area contributed by atoms with E-state index in [9.17, 15) is 14.4 Å². The maximum atomic E-state index is 12.9. The molecule has 1 aliphatic heterocycles. The van der Waals surface area contributed by atoms with Gasteiger partial charge in [-0.25, -0.2) is 4.79 Å². The molecule has 1 heterocycles. The quantitative estimate of drug-likeness (QED) is 0.515. The second-order valence-corrected chi connectivity index (χ2v) is 8.65. The number of carbonyl (C=O) groups is 3. The van der Waals surface area contributed by atoms with Crippen molar-refractivity contribution in [1.29, 1.82) is 0 Å². The number of ether oxygens (including phenoxy) is 4. The first-order chi connectivity index (χ1) is 16.8. The van der Waals surface area contributed by atoms with Gasteiger partial charge in [0.25, 0.3) is 0 Å². The molecule has 0 aliphatic carbocycles. The Morgan fingerprint density at radius 2 is 1.43 bits per heavy atom. The number of methoxy groups -OCH3 is 2. The van der Waals surface area contributed by atoms with E-state index in [0.29, 0.717) is 6.42 Å². The van der Waals surface area contributed by atoms with Gasteiger partial charge in [0.05, 0.1) is 18.6 Å². The number of hydrogen-bond donors (Lipinski definition) is 1. The molecular weight excluding hydrogens is 450 g/mol. The highest BCUT2D eigenvalue weighted by Crippen LogP contribution is 2.14. The van der Waals surface area contributed by atoms with Gasteiger partial charge in [-0.1, -0.05) is 68.5 Å². The number of nitrogens with one attached hydrogen (secondary N) is 1. The molecule has 1 aromatic rings. The van der Waals surface area contributed by atoms with E-state index in [1.54, 1.807) is 19.3 Å². The molecule has 2 rings (SSSR count). The molecule has 0 spiro atoms. The largest absolute Gasteiger partial charge is 0.463 e. The SMILES string of the molecule is CO[C@H]1COC(=O)[C@H](Cc2ccccc2)NC(=O)CC=C[C@@H](C)[C@H](OC)COC(=O)CC=C[C@@H]1C. The van der Waals surface area contributed by atoms with Crippen LogP contribution in [0, 0.1) is 11.8 Å². The van der Waals surface area contributed by atoms with Crippen molar-refractivity contribution in [2.75, 3.05) is 27.4 Å². The molecule has 8 heteroatoms. The van der Waals surface area contributed by atoms with Gasteiger partial charge in [-0.3, -0.25) is 9.59 Å². The third-order valence-electron chi connectivity index (χ3n) is 5.95. The first-order valence-corrected chi connectivity index (χ1v) is 11.9. The highest BCUT2D eigenvalue weighted by Gasteiger charge is 2.25. The third-order valence-corrected chi connectivity index (χ3v) is 5.95. The fourth-order valence-electron chi connectivity index (χ4n) is 3.68. The Balaban J connectivity index is 2.21. The van der Waals surface area contributed by atoms with Crippen molar-refractivity contribution in [2.24, 2.45) is 11.8 Å². The third kappa shape index (κ3) is 10.0. The van der Waals surface area contributed by atoms with Crippen LogP contribution < -0.4 is 5.32 Å². The zero-order valence-corrected chi connectivity index (χ0v) is 21.0. The van der Waals surface area contributed by atoms with E-state index in [2.05, 4.69) is 5.32 Å². The van der Waals surface area contributed by atoms with Gasteiger partial charge in [0, 0.05) is 38.9 Å². The molecule has 1 N–H and O–H groups in total. The molecule has 0 unspecified atom stereocenters. The molecular formula is C27H37NO7. The molecule has 8 nitrogen and oxygen atoms in total. The van der Waals surface area contributed by atoms with Crippen molar-refractivity contribution >= 4 is 17.8 Å². The smallest absolute Gasteiger partial charge is 0.329 e. The molecule has 192 valence electrons. The number of esters is 2. The maximum absolute atomic E-state index is 12.9. The van der Waals surface area contributed by atoms with E-state index >= 15 is 0 Å². The Labute approximate surface area is 207 Å². The van der Waals surface area contributed by atoms with Crippen LogP contribution in [0.4, 0.5) is 0 Å². The molecule has 0 bridgehead atoms. The van der Waals surface area contributed by atoms with Gasteiger partial charge >= 0.3 is 11.9 Å². The van der Waals surface area contributed by atoms with Crippen molar-refractivity contribution < 1.29 is 33.3 Å². The van der Waals surface area contributed by atoms with E-state index in [-0.39, 0.29) is 55.9 Å². The summed E-state index contributed by atoms with van der Waals surface area (Å²) in [5.74, 6) is -1.41. The molecule has 5 atom stereocenters. The molecule has 1 amide bonds. The summed E-state index contributed by atoms with van der Waals surface area (Å²) >= 11 is 0. The van der Waals surface area contributed by atoms with Crippen molar-refractivity contribution in [3.05, 3.63) is 60.2 Å². The predicted octanol–water partition coefficient (Wildman–Crippen LogP) is 3.01. The molecule has 0 fully saturated rings. The second-order valence-electron chi connectivity index (χ2n) is 8.65. The minimum Gasteiger partial charge on any atom is -0.463 e. The fraction of sp³-hybridized carbons (Fsp3) is 0.519. The van der Waals surface area contributed by atoms with Crippen LogP contribution in [-0.4, -0.2) is 63.5 Å². The summed E-state index contributed by atoms with van der Waals surface area (Å²) in [6.45, 7) is 3.95. The number of carbonyl (C=O) groups excluding carboxylic acids is 3. The topological polar surface area (TPSA) is 100 Å². The minimum absolute atomic E-state index is 0.0133. The predicted molar refractivity (Wildman–Crippen MR) is 131 cm³/mol. The van der Waals surface area contributed by atoms with E-state index in [1.165, 1.54) is 7.11 Å². The average molecular weight is 488 g/mol. The lowest BCUT2D eigenvalue weighted by Gasteiger charge is -2.22. The van der Waals surface area contributed by atoms with Gasteiger partial charge in [0.1, 0.15) is 19.3 Å². The summed E-state index contributed by atoms with van der Waals surface area (Å²) in [7, 11) is 3.09. The van der Waals surface area contributed by atoms with Gasteiger partial charge in [-0.2, -0.15) is 0 Å². The van der Waals surface area contributed by atoms with Crippen molar-refractivity contribution in [3.8, 4) is 0 Å². The van der Waals surface area contributed by atoms with E-state index in [0.717, 1.165) is 5.56 Å². The minimum atomic E-state index is -0.834. The van der Waals surface area contributed by atoms with Crippen LogP contribution in [0.25, 0.3) is 0 Å². The van der Waals surface area contributed by atoms with Crippen molar-refractivity contribution in [2.45, 2.75) is 51.4 Å². The van der Waals surface area contributed by atoms with Gasteiger partial charge in [-0.15, -0.1) is 0 Å². The Kier molecular flexibility index (Phi) is 12.2. The number of hydrogen-bond acceptors (Lipinski definition) is 7. The first-order valence-electron chi connectivity index (χ1n) is 11.9.